The summed E-state index contributed by atoms with van der Waals surface area (Å²) < 4.78 is 7.64. The number of rotatable bonds is 12. The Bertz CT molecular complexity index is 1160. The van der Waals surface area contributed by atoms with Crippen LogP contribution in [0.4, 0.5) is 5.69 Å². The number of hydrogen-bond acceptors (Lipinski definition) is 6. The van der Waals surface area contributed by atoms with E-state index in [1.54, 1.807) is 7.11 Å². The van der Waals surface area contributed by atoms with Crippen LogP contribution in [0.25, 0.3) is 0 Å². The second kappa shape index (κ2) is 14.0. The molecular weight excluding hydrogens is 478 g/mol. The number of anilines is 1. The number of hydrogen-bond donors (Lipinski definition) is 3. The second-order valence-corrected chi connectivity index (χ2v) is 9.94. The highest BCUT2D eigenvalue weighted by molar-refractivity contribution is 5.92. The van der Waals surface area contributed by atoms with E-state index < -0.39 is 0 Å². The maximum atomic E-state index is 12.5. The number of aromatic nitrogens is 3. The van der Waals surface area contributed by atoms with Gasteiger partial charge in [-0.2, -0.15) is 0 Å². The number of piperidine rings is 1. The molecule has 2 aromatic carbocycles. The number of allylic oxidation sites excluding steroid dienone is 1. The Labute approximate surface area is 225 Å². The molecular formula is C30H39N5O3. The molecule has 202 valence electrons. The van der Waals surface area contributed by atoms with E-state index >= 15 is 0 Å². The molecule has 2 heterocycles. The van der Waals surface area contributed by atoms with Crippen molar-refractivity contribution < 1.29 is 14.6 Å². The summed E-state index contributed by atoms with van der Waals surface area (Å²) in [5, 5.41) is 24.7. The van der Waals surface area contributed by atoms with Gasteiger partial charge in [0.15, 0.2) is 0 Å². The van der Waals surface area contributed by atoms with Crippen LogP contribution in [0.3, 0.4) is 0 Å². The fourth-order valence-corrected chi connectivity index (χ4v) is 4.99. The Balaban J connectivity index is 1.27. The molecule has 3 aromatic rings. The van der Waals surface area contributed by atoms with Gasteiger partial charge in [-0.3, -0.25) is 9.48 Å². The number of ether oxygens (including phenoxy) is 1. The predicted octanol–water partition coefficient (Wildman–Crippen LogP) is 4.31. The van der Waals surface area contributed by atoms with Crippen molar-refractivity contribution in [3.63, 3.8) is 0 Å². The van der Waals surface area contributed by atoms with Gasteiger partial charge in [0, 0.05) is 38.0 Å². The number of benzene rings is 2. The van der Waals surface area contributed by atoms with Crippen molar-refractivity contribution in [3.8, 4) is 0 Å². The Morgan fingerprint density at radius 2 is 2.00 bits per heavy atom. The van der Waals surface area contributed by atoms with Crippen LogP contribution in [-0.2, 0) is 16.1 Å². The van der Waals surface area contributed by atoms with Gasteiger partial charge in [-0.05, 0) is 49.1 Å². The molecule has 1 fully saturated rings. The summed E-state index contributed by atoms with van der Waals surface area (Å²) in [5.74, 6) is 0.101. The van der Waals surface area contributed by atoms with Gasteiger partial charge in [0.25, 0.3) is 0 Å². The number of amides is 1. The monoisotopic (exact) mass is 517 g/mol. The predicted molar refractivity (Wildman–Crippen MR) is 149 cm³/mol. The molecule has 1 aliphatic rings. The summed E-state index contributed by atoms with van der Waals surface area (Å²) in [6.07, 6.45) is 8.91. The van der Waals surface area contributed by atoms with Crippen molar-refractivity contribution >= 4 is 11.6 Å². The minimum absolute atomic E-state index is 0.0100. The van der Waals surface area contributed by atoms with E-state index in [4.69, 9.17) is 4.74 Å². The first-order chi connectivity index (χ1) is 18.6. The molecule has 1 amide bonds. The molecule has 0 aliphatic carbocycles. The maximum Gasteiger partial charge on any atom is 0.228 e. The highest BCUT2D eigenvalue weighted by atomic mass is 16.5. The van der Waals surface area contributed by atoms with E-state index in [0.717, 1.165) is 54.9 Å². The Morgan fingerprint density at radius 1 is 1.21 bits per heavy atom. The first kappa shape index (κ1) is 27.7. The molecule has 38 heavy (non-hydrogen) atoms. The van der Waals surface area contributed by atoms with Crippen molar-refractivity contribution in [2.24, 2.45) is 11.8 Å². The number of methoxy groups -OCH3 is 1. The van der Waals surface area contributed by atoms with Gasteiger partial charge in [0.2, 0.25) is 5.91 Å². The summed E-state index contributed by atoms with van der Waals surface area (Å²) in [4.78, 5) is 12.5. The van der Waals surface area contributed by atoms with Gasteiger partial charge in [0.05, 0.1) is 30.2 Å². The lowest BCUT2D eigenvalue weighted by Crippen LogP contribution is -2.37. The van der Waals surface area contributed by atoms with Crippen LogP contribution in [0, 0.1) is 11.8 Å². The lowest BCUT2D eigenvalue weighted by molar-refractivity contribution is -0.120. The number of aliphatic hydroxyl groups is 1. The molecule has 0 bridgehead atoms. The summed E-state index contributed by atoms with van der Waals surface area (Å²) in [5.41, 5.74) is 3.67. The quantitative estimate of drug-likeness (QED) is 0.310. The molecule has 1 saturated heterocycles. The highest BCUT2D eigenvalue weighted by Gasteiger charge is 2.21. The Morgan fingerprint density at radius 3 is 2.68 bits per heavy atom. The second-order valence-electron chi connectivity index (χ2n) is 9.94. The third kappa shape index (κ3) is 7.37. The van der Waals surface area contributed by atoms with Crippen LogP contribution in [-0.4, -0.2) is 52.8 Å². The molecule has 8 nitrogen and oxygen atoms in total. The van der Waals surface area contributed by atoms with Crippen LogP contribution >= 0.6 is 0 Å². The average molecular weight is 518 g/mol. The molecule has 0 radical (unpaired) electrons. The zero-order chi connectivity index (χ0) is 26.7. The summed E-state index contributed by atoms with van der Waals surface area (Å²) in [7, 11) is 1.72. The van der Waals surface area contributed by atoms with Crippen molar-refractivity contribution in [2.45, 2.75) is 44.8 Å². The first-order valence-electron chi connectivity index (χ1n) is 13.5. The van der Waals surface area contributed by atoms with Gasteiger partial charge in [0.1, 0.15) is 0 Å². The van der Waals surface area contributed by atoms with Crippen molar-refractivity contribution in [3.05, 3.63) is 89.8 Å². The summed E-state index contributed by atoms with van der Waals surface area (Å²) in [6.45, 7) is 4.56. The SMILES string of the molecule is CO[C@H](c1ccc(NC(=O)C2CCCNC2)cc1)[C@H](C)/C=C/CCn1cc(C(CO)c2ccccc2)nn1. The number of aryl methyl sites for hydroxylation is 1. The Kier molecular flexibility index (Phi) is 10.2. The van der Waals surface area contributed by atoms with E-state index in [1.165, 1.54) is 0 Å². The normalized spacial score (nSPS) is 18.2. The topological polar surface area (TPSA) is 101 Å². The highest BCUT2D eigenvalue weighted by Crippen LogP contribution is 2.28. The summed E-state index contributed by atoms with van der Waals surface area (Å²) >= 11 is 0. The standard InChI is InChI=1S/C30H39N5O3/c1-22(9-6-7-18-35-20-28(33-34-35)27(21-36)23-10-4-3-5-11-23)29(38-2)24-13-15-26(16-14-24)32-30(37)25-12-8-17-31-19-25/h3-6,9-11,13-16,20,22,25,27,29,31,36H,7-8,12,17-19,21H2,1-2H3,(H,32,37)/b9-6+/t22-,25?,27?,29+/m1/s1. The largest absolute Gasteiger partial charge is 0.395 e. The smallest absolute Gasteiger partial charge is 0.228 e. The van der Waals surface area contributed by atoms with Crippen LogP contribution in [0.2, 0.25) is 0 Å². The molecule has 8 heteroatoms. The van der Waals surface area contributed by atoms with E-state index in [1.807, 2.05) is 65.5 Å². The van der Waals surface area contributed by atoms with Crippen LogP contribution in [0.5, 0.6) is 0 Å². The molecule has 1 aromatic heterocycles. The van der Waals surface area contributed by atoms with Gasteiger partial charge in [-0.1, -0.05) is 66.8 Å². The van der Waals surface area contributed by atoms with Gasteiger partial charge in [-0.25, -0.2) is 0 Å². The van der Waals surface area contributed by atoms with Crippen LogP contribution in [0.15, 0.2) is 72.9 Å². The number of aliphatic hydroxyl groups excluding tert-OH is 1. The Hall–Kier alpha value is -3.33. The molecule has 1 aliphatic heterocycles. The molecule has 3 N–H and O–H groups in total. The maximum absolute atomic E-state index is 12.5. The molecule has 0 saturated carbocycles. The van der Waals surface area contributed by atoms with Crippen LogP contribution in [0.1, 0.15) is 55.0 Å². The van der Waals surface area contributed by atoms with Gasteiger partial charge in [-0.15, -0.1) is 5.10 Å². The number of carbonyl (C=O) groups excluding carboxylic acids is 1. The minimum Gasteiger partial charge on any atom is -0.395 e. The fourth-order valence-electron chi connectivity index (χ4n) is 4.99. The van der Waals surface area contributed by atoms with E-state index in [-0.39, 0.29) is 36.4 Å². The van der Waals surface area contributed by atoms with Crippen molar-refractivity contribution in [1.82, 2.24) is 20.3 Å². The van der Waals surface area contributed by atoms with Crippen molar-refractivity contribution in [1.29, 1.82) is 0 Å². The molecule has 0 spiro atoms. The molecule has 4 rings (SSSR count). The summed E-state index contributed by atoms with van der Waals surface area (Å²) in [6, 6.07) is 17.8. The fraction of sp³-hybridized carbons (Fsp3) is 0.433. The van der Waals surface area contributed by atoms with E-state index in [9.17, 15) is 9.90 Å². The zero-order valence-corrected chi connectivity index (χ0v) is 22.3. The van der Waals surface area contributed by atoms with Gasteiger partial charge >= 0.3 is 0 Å². The average Bonchev–Trinajstić information content (AvgIpc) is 3.42. The zero-order valence-electron chi connectivity index (χ0n) is 22.3. The van der Waals surface area contributed by atoms with Crippen molar-refractivity contribution in [2.75, 3.05) is 32.1 Å². The third-order valence-electron chi connectivity index (χ3n) is 7.17. The van der Waals surface area contributed by atoms with Gasteiger partial charge < -0.3 is 20.5 Å². The molecule has 2 unspecified atom stereocenters. The lowest BCUT2D eigenvalue weighted by atomic mass is 9.96. The number of carbonyl (C=O) groups is 1. The van der Waals surface area contributed by atoms with E-state index in [0.29, 0.717) is 6.54 Å². The number of nitrogens with zero attached hydrogens (tertiary/aromatic N) is 3. The third-order valence-corrected chi connectivity index (χ3v) is 7.17. The van der Waals surface area contributed by atoms with Crippen LogP contribution < -0.4 is 10.6 Å². The lowest BCUT2D eigenvalue weighted by Gasteiger charge is -2.23. The minimum atomic E-state index is -0.174. The van der Waals surface area contributed by atoms with E-state index in [2.05, 4.69) is 40.0 Å². The number of nitrogens with one attached hydrogen (secondary N) is 2. The molecule has 4 atom stereocenters. The first-order valence-corrected chi connectivity index (χ1v) is 13.5.